The lowest BCUT2D eigenvalue weighted by atomic mass is 9.86. The zero-order chi connectivity index (χ0) is 19.8. The van der Waals surface area contributed by atoms with Crippen molar-refractivity contribution in [2.75, 3.05) is 11.9 Å². The first-order chi connectivity index (χ1) is 14.2. The van der Waals surface area contributed by atoms with Crippen LogP contribution in [0, 0.1) is 6.92 Å². The van der Waals surface area contributed by atoms with Crippen LogP contribution in [-0.2, 0) is 12.8 Å². The smallest absolute Gasteiger partial charge is 0.0414 e. The van der Waals surface area contributed by atoms with Crippen LogP contribution in [-0.4, -0.2) is 7.05 Å². The molecule has 0 heterocycles. The van der Waals surface area contributed by atoms with E-state index in [-0.39, 0.29) is 0 Å². The van der Waals surface area contributed by atoms with E-state index in [1.165, 1.54) is 63.2 Å². The third kappa shape index (κ3) is 3.45. The summed E-state index contributed by atoms with van der Waals surface area (Å²) in [4.78, 5) is 2.25. The molecule has 1 heteroatoms. The van der Waals surface area contributed by atoms with E-state index in [4.69, 9.17) is 0 Å². The summed E-state index contributed by atoms with van der Waals surface area (Å²) in [5.74, 6) is 0. The third-order valence-electron chi connectivity index (χ3n) is 6.08. The largest absolute Gasteiger partial charge is 0.345 e. The Balaban J connectivity index is 1.40. The molecular weight excluding hydrogens is 350 g/mol. The Morgan fingerprint density at radius 1 is 0.552 bits per heavy atom. The Bertz CT molecular complexity index is 1150. The van der Waals surface area contributed by atoms with Crippen LogP contribution in [0.2, 0.25) is 0 Å². The van der Waals surface area contributed by atoms with Crippen LogP contribution >= 0.6 is 0 Å². The molecule has 5 rings (SSSR count). The first kappa shape index (κ1) is 17.8. The minimum Gasteiger partial charge on any atom is -0.345 e. The highest BCUT2D eigenvalue weighted by atomic mass is 15.1. The Kier molecular flexibility index (Phi) is 4.44. The van der Waals surface area contributed by atoms with Crippen LogP contribution in [0.5, 0.6) is 0 Å². The standard InChI is InChI=1S/C28H25N/c1-20-6-8-21(9-7-20)22-14-16-27(17-15-22)29(2)28-5-3-4-24(19-28)26-13-11-23-10-12-25(23)18-26/h3-9,11,13-19H,10,12H2,1-2H3. The monoisotopic (exact) mass is 375 g/mol. The van der Waals surface area contributed by atoms with Gasteiger partial charge in [-0.15, -0.1) is 0 Å². The van der Waals surface area contributed by atoms with Gasteiger partial charge in [0.1, 0.15) is 0 Å². The van der Waals surface area contributed by atoms with E-state index in [0.717, 1.165) is 0 Å². The molecule has 0 fully saturated rings. The summed E-state index contributed by atoms with van der Waals surface area (Å²) < 4.78 is 0. The van der Waals surface area contributed by atoms with Gasteiger partial charge in [-0.25, -0.2) is 0 Å². The van der Waals surface area contributed by atoms with Crippen LogP contribution in [0.15, 0.2) is 91.0 Å². The summed E-state index contributed by atoms with van der Waals surface area (Å²) in [6, 6.07) is 33.2. The average molecular weight is 376 g/mol. The number of rotatable bonds is 4. The van der Waals surface area contributed by atoms with Crippen LogP contribution in [0.1, 0.15) is 16.7 Å². The molecule has 0 saturated heterocycles. The summed E-state index contributed by atoms with van der Waals surface area (Å²) in [5, 5.41) is 0. The van der Waals surface area contributed by atoms with Crippen molar-refractivity contribution in [1.82, 2.24) is 0 Å². The van der Waals surface area contributed by atoms with Gasteiger partial charge in [0.25, 0.3) is 0 Å². The first-order valence-electron chi connectivity index (χ1n) is 10.3. The lowest BCUT2D eigenvalue weighted by Crippen LogP contribution is -2.09. The summed E-state index contributed by atoms with van der Waals surface area (Å²) >= 11 is 0. The normalized spacial score (nSPS) is 12.2. The molecule has 1 aliphatic rings. The lowest BCUT2D eigenvalue weighted by Gasteiger charge is -2.22. The number of hydrogen-bond donors (Lipinski definition) is 0. The zero-order valence-corrected chi connectivity index (χ0v) is 17.0. The molecule has 0 atom stereocenters. The van der Waals surface area contributed by atoms with E-state index in [1.54, 1.807) is 0 Å². The Hall–Kier alpha value is -3.32. The maximum Gasteiger partial charge on any atom is 0.0414 e. The van der Waals surface area contributed by atoms with E-state index in [2.05, 4.69) is 110 Å². The molecule has 0 radical (unpaired) electrons. The summed E-state index contributed by atoms with van der Waals surface area (Å²) in [6.07, 6.45) is 2.45. The highest BCUT2D eigenvalue weighted by Crippen LogP contribution is 2.32. The highest BCUT2D eigenvalue weighted by Gasteiger charge is 2.14. The topological polar surface area (TPSA) is 3.24 Å². The van der Waals surface area contributed by atoms with Crippen molar-refractivity contribution in [3.8, 4) is 22.3 Å². The molecule has 0 aliphatic heterocycles. The van der Waals surface area contributed by atoms with E-state index in [9.17, 15) is 0 Å². The van der Waals surface area contributed by atoms with Crippen molar-refractivity contribution in [2.45, 2.75) is 19.8 Å². The van der Waals surface area contributed by atoms with Gasteiger partial charge in [0.2, 0.25) is 0 Å². The van der Waals surface area contributed by atoms with Crippen LogP contribution < -0.4 is 4.90 Å². The van der Waals surface area contributed by atoms with Gasteiger partial charge < -0.3 is 4.90 Å². The summed E-state index contributed by atoms with van der Waals surface area (Å²) in [6.45, 7) is 2.12. The molecular formula is C28H25N. The molecule has 29 heavy (non-hydrogen) atoms. The van der Waals surface area contributed by atoms with E-state index < -0.39 is 0 Å². The minimum atomic E-state index is 1.19. The highest BCUT2D eigenvalue weighted by molar-refractivity contribution is 5.74. The zero-order valence-electron chi connectivity index (χ0n) is 17.0. The van der Waals surface area contributed by atoms with Gasteiger partial charge in [-0.2, -0.15) is 0 Å². The molecule has 142 valence electrons. The number of fused-ring (bicyclic) bond motifs is 1. The van der Waals surface area contributed by atoms with Gasteiger partial charge in [-0.3, -0.25) is 0 Å². The van der Waals surface area contributed by atoms with Crippen molar-refractivity contribution in [3.63, 3.8) is 0 Å². The number of benzene rings is 4. The van der Waals surface area contributed by atoms with Crippen molar-refractivity contribution < 1.29 is 0 Å². The SMILES string of the molecule is Cc1ccc(-c2ccc(N(C)c3cccc(-c4ccc5c(c4)CC5)c3)cc2)cc1. The molecule has 0 spiro atoms. The van der Waals surface area contributed by atoms with Gasteiger partial charge in [-0.05, 0) is 77.4 Å². The van der Waals surface area contributed by atoms with Gasteiger partial charge in [0, 0.05) is 18.4 Å². The molecule has 4 aromatic carbocycles. The fourth-order valence-corrected chi connectivity index (χ4v) is 4.04. The van der Waals surface area contributed by atoms with Gasteiger partial charge in [0.15, 0.2) is 0 Å². The molecule has 0 aromatic heterocycles. The molecule has 0 saturated carbocycles. The number of nitrogens with zero attached hydrogens (tertiary/aromatic N) is 1. The molecule has 4 aromatic rings. The predicted molar refractivity (Wildman–Crippen MR) is 124 cm³/mol. The molecule has 0 N–H and O–H groups in total. The Morgan fingerprint density at radius 3 is 1.83 bits per heavy atom. The van der Waals surface area contributed by atoms with Crippen molar-refractivity contribution >= 4 is 11.4 Å². The number of hydrogen-bond acceptors (Lipinski definition) is 1. The van der Waals surface area contributed by atoms with Crippen LogP contribution in [0.25, 0.3) is 22.3 Å². The van der Waals surface area contributed by atoms with Gasteiger partial charge in [0.05, 0.1) is 0 Å². The number of aryl methyl sites for hydroxylation is 3. The van der Waals surface area contributed by atoms with Crippen molar-refractivity contribution in [3.05, 3.63) is 108 Å². The molecule has 1 aliphatic carbocycles. The molecule has 0 bridgehead atoms. The fourth-order valence-electron chi connectivity index (χ4n) is 4.04. The maximum absolute atomic E-state index is 2.36. The van der Waals surface area contributed by atoms with Crippen LogP contribution in [0.3, 0.4) is 0 Å². The second-order valence-corrected chi connectivity index (χ2v) is 8.01. The van der Waals surface area contributed by atoms with Crippen molar-refractivity contribution in [1.29, 1.82) is 0 Å². The summed E-state index contributed by atoms with van der Waals surface area (Å²) in [7, 11) is 2.14. The molecule has 1 nitrogen and oxygen atoms in total. The number of anilines is 2. The first-order valence-corrected chi connectivity index (χ1v) is 10.3. The molecule has 0 unspecified atom stereocenters. The lowest BCUT2D eigenvalue weighted by molar-refractivity contribution is 0.840. The van der Waals surface area contributed by atoms with E-state index in [0.29, 0.717) is 0 Å². The van der Waals surface area contributed by atoms with Crippen molar-refractivity contribution in [2.24, 2.45) is 0 Å². The third-order valence-corrected chi connectivity index (χ3v) is 6.08. The maximum atomic E-state index is 2.36. The van der Waals surface area contributed by atoms with Gasteiger partial charge >= 0.3 is 0 Å². The molecule has 0 amide bonds. The van der Waals surface area contributed by atoms with E-state index >= 15 is 0 Å². The second kappa shape index (κ2) is 7.25. The quantitative estimate of drug-likeness (QED) is 0.365. The summed E-state index contributed by atoms with van der Waals surface area (Å²) in [5.41, 5.74) is 11.8. The Morgan fingerprint density at radius 2 is 1.17 bits per heavy atom. The second-order valence-electron chi connectivity index (χ2n) is 8.01. The van der Waals surface area contributed by atoms with Crippen LogP contribution in [0.4, 0.5) is 11.4 Å². The van der Waals surface area contributed by atoms with Gasteiger partial charge in [-0.1, -0.05) is 72.3 Å². The minimum absolute atomic E-state index is 1.19. The fraction of sp³-hybridized carbons (Fsp3) is 0.143. The van der Waals surface area contributed by atoms with E-state index in [1.807, 2.05) is 0 Å². The Labute approximate surface area is 173 Å². The predicted octanol–water partition coefficient (Wildman–Crippen LogP) is 7.20. The average Bonchev–Trinajstić information content (AvgIpc) is 2.75.